The second-order valence-corrected chi connectivity index (χ2v) is 5.22. The lowest BCUT2D eigenvalue weighted by molar-refractivity contribution is 0.102. The molecule has 3 rings (SSSR count). The summed E-state index contributed by atoms with van der Waals surface area (Å²) in [4.78, 5) is 16.5. The second-order valence-electron chi connectivity index (χ2n) is 4.47. The number of fused-ring (bicyclic) bond motifs is 1. The molecule has 1 aliphatic rings. The average molecular weight is 274 g/mol. The van der Waals surface area contributed by atoms with Crippen molar-refractivity contribution in [1.29, 1.82) is 0 Å². The molecule has 2 N–H and O–H groups in total. The predicted octanol–water partition coefficient (Wildman–Crippen LogP) is 1.74. The van der Waals surface area contributed by atoms with E-state index in [1.54, 1.807) is 0 Å². The van der Waals surface area contributed by atoms with Crippen LogP contribution >= 0.6 is 11.5 Å². The number of hydrogen-bond acceptors (Lipinski definition) is 5. The minimum Gasteiger partial charge on any atom is -0.312 e. The Morgan fingerprint density at radius 2 is 2.37 bits per heavy atom. The summed E-state index contributed by atoms with van der Waals surface area (Å²) in [6.07, 6.45) is 0.883. The minimum atomic E-state index is -0.102. The van der Waals surface area contributed by atoms with Gasteiger partial charge in [-0.1, -0.05) is 12.1 Å². The van der Waals surface area contributed by atoms with Gasteiger partial charge in [0.25, 0.3) is 5.91 Å². The van der Waals surface area contributed by atoms with Crippen molar-refractivity contribution in [1.82, 2.24) is 14.7 Å². The van der Waals surface area contributed by atoms with E-state index >= 15 is 0 Å². The molecule has 1 aliphatic heterocycles. The fourth-order valence-electron chi connectivity index (χ4n) is 2.26. The van der Waals surface area contributed by atoms with Crippen LogP contribution in [0.1, 0.15) is 27.3 Å². The van der Waals surface area contributed by atoms with Crippen LogP contribution in [0.2, 0.25) is 0 Å². The third-order valence-corrected chi connectivity index (χ3v) is 3.85. The normalized spacial score (nSPS) is 13.9. The molecular formula is C13H14N4OS. The standard InChI is InChI=1S/C13H14N4OS/c1-8-15-13(19-17-8)16-12(18)11-4-2-3-9-7-14-6-5-10(9)11/h2-4,14H,5-7H2,1H3,(H,15,16,17,18). The number of hydrogen-bond donors (Lipinski definition) is 2. The summed E-state index contributed by atoms with van der Waals surface area (Å²) >= 11 is 1.20. The monoisotopic (exact) mass is 274 g/mol. The number of nitrogens with one attached hydrogen (secondary N) is 2. The Hall–Kier alpha value is -1.79. The van der Waals surface area contributed by atoms with E-state index in [0.717, 1.165) is 30.6 Å². The van der Waals surface area contributed by atoms with Crippen LogP contribution in [0.4, 0.5) is 5.13 Å². The largest absolute Gasteiger partial charge is 0.312 e. The van der Waals surface area contributed by atoms with E-state index in [1.807, 2.05) is 19.1 Å². The number of anilines is 1. The maximum absolute atomic E-state index is 12.3. The topological polar surface area (TPSA) is 66.9 Å². The predicted molar refractivity (Wildman–Crippen MR) is 74.5 cm³/mol. The van der Waals surface area contributed by atoms with E-state index < -0.39 is 0 Å². The first kappa shape index (κ1) is 12.3. The fourth-order valence-corrected chi connectivity index (χ4v) is 2.83. The van der Waals surface area contributed by atoms with Gasteiger partial charge in [-0.2, -0.15) is 4.37 Å². The molecule has 0 saturated carbocycles. The molecule has 0 bridgehead atoms. The van der Waals surface area contributed by atoms with Crippen molar-refractivity contribution in [2.75, 3.05) is 11.9 Å². The van der Waals surface area contributed by atoms with Gasteiger partial charge >= 0.3 is 0 Å². The highest BCUT2D eigenvalue weighted by Gasteiger charge is 2.18. The van der Waals surface area contributed by atoms with E-state index in [4.69, 9.17) is 0 Å². The highest BCUT2D eigenvalue weighted by molar-refractivity contribution is 7.09. The Morgan fingerprint density at radius 3 is 3.16 bits per heavy atom. The summed E-state index contributed by atoms with van der Waals surface area (Å²) in [5, 5.41) is 6.67. The van der Waals surface area contributed by atoms with Crippen LogP contribution in [-0.2, 0) is 13.0 Å². The highest BCUT2D eigenvalue weighted by Crippen LogP contribution is 2.20. The molecule has 19 heavy (non-hydrogen) atoms. The summed E-state index contributed by atoms with van der Waals surface area (Å²) in [5.41, 5.74) is 3.08. The van der Waals surface area contributed by atoms with Crippen molar-refractivity contribution in [3.63, 3.8) is 0 Å². The third kappa shape index (κ3) is 2.50. The first-order valence-electron chi connectivity index (χ1n) is 6.17. The molecule has 0 saturated heterocycles. The van der Waals surface area contributed by atoms with Crippen LogP contribution in [0.15, 0.2) is 18.2 Å². The third-order valence-electron chi connectivity index (χ3n) is 3.13. The van der Waals surface area contributed by atoms with Crippen LogP contribution in [-0.4, -0.2) is 21.8 Å². The number of rotatable bonds is 2. The molecule has 0 aliphatic carbocycles. The van der Waals surface area contributed by atoms with Gasteiger partial charge in [-0.3, -0.25) is 10.1 Å². The molecule has 2 aromatic rings. The number of carbonyl (C=O) groups is 1. The molecule has 0 fully saturated rings. The van der Waals surface area contributed by atoms with Gasteiger partial charge in [0.1, 0.15) is 5.82 Å². The molecule has 0 spiro atoms. The van der Waals surface area contributed by atoms with Crippen LogP contribution < -0.4 is 10.6 Å². The number of aryl methyl sites for hydroxylation is 1. The van der Waals surface area contributed by atoms with Gasteiger partial charge in [-0.15, -0.1) is 0 Å². The molecule has 2 heterocycles. The summed E-state index contributed by atoms with van der Waals surface area (Å²) in [5.74, 6) is 0.578. The number of nitrogens with zero attached hydrogens (tertiary/aromatic N) is 2. The van der Waals surface area contributed by atoms with E-state index in [1.165, 1.54) is 17.1 Å². The van der Waals surface area contributed by atoms with Gasteiger partial charge in [0, 0.05) is 23.6 Å². The van der Waals surface area contributed by atoms with Crippen molar-refractivity contribution in [2.24, 2.45) is 0 Å². The van der Waals surface area contributed by atoms with Crippen LogP contribution in [0, 0.1) is 6.92 Å². The highest BCUT2D eigenvalue weighted by atomic mass is 32.1. The van der Waals surface area contributed by atoms with Gasteiger partial charge in [0.05, 0.1) is 0 Å². The van der Waals surface area contributed by atoms with Crippen molar-refractivity contribution in [3.8, 4) is 0 Å². The van der Waals surface area contributed by atoms with Crippen LogP contribution in [0.5, 0.6) is 0 Å². The van der Waals surface area contributed by atoms with Crippen molar-refractivity contribution in [3.05, 3.63) is 40.7 Å². The van der Waals surface area contributed by atoms with Crippen molar-refractivity contribution >= 4 is 22.6 Å². The molecule has 0 unspecified atom stereocenters. The minimum absolute atomic E-state index is 0.102. The maximum atomic E-state index is 12.3. The molecule has 5 nitrogen and oxygen atoms in total. The molecule has 1 amide bonds. The molecule has 1 aromatic carbocycles. The van der Waals surface area contributed by atoms with E-state index in [9.17, 15) is 4.79 Å². The molecular weight excluding hydrogens is 260 g/mol. The van der Waals surface area contributed by atoms with E-state index in [-0.39, 0.29) is 5.91 Å². The van der Waals surface area contributed by atoms with Gasteiger partial charge in [-0.05, 0) is 37.1 Å². The molecule has 1 aromatic heterocycles. The smallest absolute Gasteiger partial charge is 0.257 e. The van der Waals surface area contributed by atoms with Crippen LogP contribution in [0.25, 0.3) is 0 Å². The van der Waals surface area contributed by atoms with E-state index in [2.05, 4.69) is 26.1 Å². The number of amides is 1. The van der Waals surface area contributed by atoms with Gasteiger partial charge in [-0.25, -0.2) is 4.98 Å². The summed E-state index contributed by atoms with van der Waals surface area (Å²) in [6, 6.07) is 5.85. The quantitative estimate of drug-likeness (QED) is 0.875. The molecule has 6 heteroatoms. The Labute approximate surface area is 115 Å². The first-order valence-corrected chi connectivity index (χ1v) is 6.94. The zero-order valence-corrected chi connectivity index (χ0v) is 11.4. The lowest BCUT2D eigenvalue weighted by atomic mass is 9.95. The zero-order chi connectivity index (χ0) is 13.2. The Kier molecular flexibility index (Phi) is 3.27. The number of benzene rings is 1. The summed E-state index contributed by atoms with van der Waals surface area (Å²) in [7, 11) is 0. The van der Waals surface area contributed by atoms with Gasteiger partial charge in [0.15, 0.2) is 0 Å². The average Bonchev–Trinajstić information content (AvgIpc) is 2.83. The Balaban J connectivity index is 1.87. The molecule has 98 valence electrons. The van der Waals surface area contributed by atoms with Crippen molar-refractivity contribution in [2.45, 2.75) is 19.9 Å². The zero-order valence-electron chi connectivity index (χ0n) is 10.6. The SMILES string of the molecule is Cc1nsc(NC(=O)c2cccc3c2CCNC3)n1. The summed E-state index contributed by atoms with van der Waals surface area (Å²) in [6.45, 7) is 3.55. The lowest BCUT2D eigenvalue weighted by Gasteiger charge is -2.19. The van der Waals surface area contributed by atoms with Gasteiger partial charge < -0.3 is 5.32 Å². The molecule has 0 atom stereocenters. The number of carbonyl (C=O) groups excluding carboxylic acids is 1. The Morgan fingerprint density at radius 1 is 1.47 bits per heavy atom. The Bertz CT molecular complexity index is 623. The second kappa shape index (κ2) is 5.07. The van der Waals surface area contributed by atoms with Gasteiger partial charge in [0.2, 0.25) is 5.13 Å². The van der Waals surface area contributed by atoms with Crippen LogP contribution in [0.3, 0.4) is 0 Å². The lowest BCUT2D eigenvalue weighted by Crippen LogP contribution is -2.26. The summed E-state index contributed by atoms with van der Waals surface area (Å²) < 4.78 is 4.06. The fraction of sp³-hybridized carbons (Fsp3) is 0.308. The molecule has 0 radical (unpaired) electrons. The maximum Gasteiger partial charge on any atom is 0.257 e. The van der Waals surface area contributed by atoms with E-state index in [0.29, 0.717) is 11.0 Å². The van der Waals surface area contributed by atoms with Crippen molar-refractivity contribution < 1.29 is 4.79 Å². The number of aromatic nitrogens is 2. The first-order chi connectivity index (χ1) is 9.24.